The maximum absolute atomic E-state index is 6.91. The van der Waals surface area contributed by atoms with Gasteiger partial charge in [-0.15, -0.1) is 0 Å². The van der Waals surface area contributed by atoms with Gasteiger partial charge in [0.25, 0.3) is 0 Å². The van der Waals surface area contributed by atoms with Gasteiger partial charge in [0.1, 0.15) is 0 Å². The van der Waals surface area contributed by atoms with Gasteiger partial charge in [0, 0.05) is 49.6 Å². The van der Waals surface area contributed by atoms with Crippen LogP contribution in [-0.2, 0) is 6.42 Å². The molecular weight excluding hydrogens is 338 g/mol. The summed E-state index contributed by atoms with van der Waals surface area (Å²) < 4.78 is 0. The Morgan fingerprint density at radius 1 is 0.963 bits per heavy atom. The second-order valence-corrected chi connectivity index (χ2v) is 6.72. The molecule has 6 heteroatoms. The minimum Gasteiger partial charge on any atom is -0.367 e. The standard InChI is InChI=1S/C21H23N5O/c22-24-27-20-9-2-1-5-17(20)10-12-25-13-15-26(16-14-25)19-8-3-6-18-7-4-11-23-21(18)19/h1-9,11,22H,10,12-16H2. The Hall–Kier alpha value is -2.99. The van der Waals surface area contributed by atoms with Crippen molar-refractivity contribution < 1.29 is 4.84 Å². The highest BCUT2D eigenvalue weighted by Gasteiger charge is 2.19. The third kappa shape index (κ3) is 3.90. The normalized spacial score (nSPS) is 15.0. The molecule has 0 unspecified atom stereocenters. The first-order chi connectivity index (χ1) is 13.3. The molecule has 3 aromatic rings. The van der Waals surface area contributed by atoms with E-state index in [0.717, 1.165) is 50.2 Å². The first-order valence-corrected chi connectivity index (χ1v) is 9.28. The van der Waals surface area contributed by atoms with Gasteiger partial charge in [-0.05, 0) is 30.2 Å². The largest absolute Gasteiger partial charge is 0.367 e. The van der Waals surface area contributed by atoms with Crippen LogP contribution in [0.3, 0.4) is 0 Å². The molecule has 0 saturated carbocycles. The highest BCUT2D eigenvalue weighted by Crippen LogP contribution is 2.26. The SMILES string of the molecule is N=NOc1ccccc1CCN1CCN(c2cccc3cccnc23)CC1. The van der Waals surface area contributed by atoms with Gasteiger partial charge in [-0.3, -0.25) is 9.88 Å². The van der Waals surface area contributed by atoms with Crippen molar-refractivity contribution in [2.45, 2.75) is 6.42 Å². The van der Waals surface area contributed by atoms with Crippen LogP contribution in [0.1, 0.15) is 5.56 Å². The van der Waals surface area contributed by atoms with E-state index in [-0.39, 0.29) is 0 Å². The van der Waals surface area contributed by atoms with Crippen LogP contribution < -0.4 is 9.74 Å². The van der Waals surface area contributed by atoms with Crippen molar-refractivity contribution in [1.82, 2.24) is 9.88 Å². The predicted octanol–water partition coefficient (Wildman–Crippen LogP) is 3.92. The Morgan fingerprint density at radius 2 is 1.78 bits per heavy atom. The summed E-state index contributed by atoms with van der Waals surface area (Å²) in [5, 5.41) is 4.24. The third-order valence-corrected chi connectivity index (χ3v) is 5.14. The molecule has 2 heterocycles. The van der Waals surface area contributed by atoms with Crippen molar-refractivity contribution in [2.24, 2.45) is 5.28 Å². The fraction of sp³-hybridized carbons (Fsp3) is 0.286. The molecule has 1 aromatic heterocycles. The molecule has 1 saturated heterocycles. The fourth-order valence-corrected chi connectivity index (χ4v) is 3.68. The van der Waals surface area contributed by atoms with Gasteiger partial charge < -0.3 is 9.74 Å². The molecule has 1 fully saturated rings. The molecule has 0 radical (unpaired) electrons. The van der Waals surface area contributed by atoms with E-state index in [1.54, 1.807) is 0 Å². The van der Waals surface area contributed by atoms with Crippen LogP contribution in [0.2, 0.25) is 0 Å². The van der Waals surface area contributed by atoms with Gasteiger partial charge in [-0.2, -0.15) is 5.53 Å². The molecule has 6 nitrogen and oxygen atoms in total. The number of piperazine rings is 1. The van der Waals surface area contributed by atoms with E-state index in [2.05, 4.69) is 44.3 Å². The number of rotatable bonds is 6. The van der Waals surface area contributed by atoms with Crippen LogP contribution in [0.4, 0.5) is 5.69 Å². The number of hydrogen-bond acceptors (Lipinski definition) is 6. The first-order valence-electron chi connectivity index (χ1n) is 9.28. The van der Waals surface area contributed by atoms with Gasteiger partial charge in [0.2, 0.25) is 0 Å². The number of hydrogen-bond donors (Lipinski definition) is 1. The van der Waals surface area contributed by atoms with Crippen LogP contribution in [0.5, 0.6) is 5.75 Å². The average Bonchev–Trinajstić information content (AvgIpc) is 2.73. The Bertz CT molecular complexity index is 916. The van der Waals surface area contributed by atoms with Crippen LogP contribution in [0.15, 0.2) is 66.1 Å². The highest BCUT2D eigenvalue weighted by atomic mass is 16.6. The lowest BCUT2D eigenvalue weighted by Crippen LogP contribution is -2.47. The number of nitrogens with zero attached hydrogens (tertiary/aromatic N) is 4. The Morgan fingerprint density at radius 3 is 2.63 bits per heavy atom. The number of pyridine rings is 1. The molecule has 0 bridgehead atoms. The second kappa shape index (κ2) is 8.14. The molecule has 2 aromatic carbocycles. The summed E-state index contributed by atoms with van der Waals surface area (Å²) in [4.78, 5) is 14.5. The topological polar surface area (TPSA) is 64.8 Å². The van der Waals surface area contributed by atoms with Crippen molar-refractivity contribution in [3.63, 3.8) is 0 Å². The van der Waals surface area contributed by atoms with Gasteiger partial charge in [0.15, 0.2) is 5.75 Å². The average molecular weight is 361 g/mol. The number of para-hydroxylation sites is 2. The Kier molecular flexibility index (Phi) is 5.25. The van der Waals surface area contributed by atoms with Crippen LogP contribution >= 0.6 is 0 Å². The molecule has 4 rings (SSSR count). The van der Waals surface area contributed by atoms with Gasteiger partial charge >= 0.3 is 0 Å². The summed E-state index contributed by atoms with van der Waals surface area (Å²) in [5.74, 6) is 0.674. The quantitative estimate of drug-likeness (QED) is 0.534. The van der Waals surface area contributed by atoms with Crippen molar-refractivity contribution in [2.75, 3.05) is 37.6 Å². The summed E-state index contributed by atoms with van der Waals surface area (Å²) in [6.07, 6.45) is 2.76. The first kappa shape index (κ1) is 17.4. The molecule has 0 spiro atoms. The molecule has 27 heavy (non-hydrogen) atoms. The fourth-order valence-electron chi connectivity index (χ4n) is 3.68. The molecule has 138 valence electrons. The number of benzene rings is 2. The monoisotopic (exact) mass is 361 g/mol. The Balaban J connectivity index is 1.37. The molecule has 0 aliphatic carbocycles. The summed E-state index contributed by atoms with van der Waals surface area (Å²) in [5.41, 5.74) is 10.3. The predicted molar refractivity (Wildman–Crippen MR) is 106 cm³/mol. The molecular formula is C21H23N5O. The smallest absolute Gasteiger partial charge is 0.163 e. The maximum Gasteiger partial charge on any atom is 0.163 e. The van der Waals surface area contributed by atoms with Gasteiger partial charge in [0.05, 0.1) is 11.2 Å². The molecule has 1 aliphatic rings. The lowest BCUT2D eigenvalue weighted by Gasteiger charge is -2.36. The van der Waals surface area contributed by atoms with E-state index in [4.69, 9.17) is 10.4 Å². The molecule has 1 aliphatic heterocycles. The number of aromatic nitrogens is 1. The molecule has 0 amide bonds. The van der Waals surface area contributed by atoms with E-state index in [1.165, 1.54) is 11.1 Å². The van der Waals surface area contributed by atoms with Gasteiger partial charge in [-0.1, -0.05) is 36.4 Å². The number of nitrogens with one attached hydrogen (secondary N) is 1. The maximum atomic E-state index is 6.91. The zero-order chi connectivity index (χ0) is 18.5. The Labute approximate surface area is 158 Å². The van der Waals surface area contributed by atoms with Crippen LogP contribution in [-0.4, -0.2) is 42.6 Å². The van der Waals surface area contributed by atoms with Crippen molar-refractivity contribution in [3.8, 4) is 5.75 Å². The zero-order valence-corrected chi connectivity index (χ0v) is 15.2. The summed E-state index contributed by atoms with van der Waals surface area (Å²) >= 11 is 0. The van der Waals surface area contributed by atoms with E-state index >= 15 is 0 Å². The summed E-state index contributed by atoms with van der Waals surface area (Å²) in [6.45, 7) is 5.01. The summed E-state index contributed by atoms with van der Waals surface area (Å²) in [6, 6.07) is 18.3. The minimum atomic E-state index is 0.674. The van der Waals surface area contributed by atoms with Crippen LogP contribution in [0, 0.1) is 5.53 Å². The number of anilines is 1. The van der Waals surface area contributed by atoms with Gasteiger partial charge in [-0.25, -0.2) is 0 Å². The van der Waals surface area contributed by atoms with E-state index < -0.39 is 0 Å². The highest BCUT2D eigenvalue weighted by molar-refractivity contribution is 5.90. The molecule has 0 atom stereocenters. The second-order valence-electron chi connectivity index (χ2n) is 6.72. The lowest BCUT2D eigenvalue weighted by atomic mass is 10.1. The van der Waals surface area contributed by atoms with E-state index in [1.807, 2.05) is 36.5 Å². The molecule has 1 N–H and O–H groups in total. The number of fused-ring (bicyclic) bond motifs is 1. The van der Waals surface area contributed by atoms with Crippen LogP contribution in [0.25, 0.3) is 10.9 Å². The van der Waals surface area contributed by atoms with E-state index in [9.17, 15) is 0 Å². The lowest BCUT2D eigenvalue weighted by molar-refractivity contribution is 0.257. The van der Waals surface area contributed by atoms with Crippen molar-refractivity contribution >= 4 is 16.6 Å². The minimum absolute atomic E-state index is 0.674. The van der Waals surface area contributed by atoms with Crippen molar-refractivity contribution in [1.29, 1.82) is 5.53 Å². The zero-order valence-electron chi connectivity index (χ0n) is 15.2. The van der Waals surface area contributed by atoms with E-state index in [0.29, 0.717) is 5.75 Å². The van der Waals surface area contributed by atoms with Crippen molar-refractivity contribution in [3.05, 3.63) is 66.4 Å². The third-order valence-electron chi connectivity index (χ3n) is 5.14. The summed E-state index contributed by atoms with van der Waals surface area (Å²) in [7, 11) is 0.